The number of sulfonamides is 1. The lowest BCUT2D eigenvalue weighted by atomic mass is 10.1. The molecule has 0 aliphatic heterocycles. The van der Waals surface area contributed by atoms with E-state index >= 15 is 0 Å². The van der Waals surface area contributed by atoms with Crippen molar-refractivity contribution in [3.8, 4) is 0 Å². The zero-order chi connectivity index (χ0) is 17.7. The quantitative estimate of drug-likeness (QED) is 0.692. The first-order valence-electron chi connectivity index (χ1n) is 7.34. The minimum absolute atomic E-state index is 0.0410. The number of carbonyl (C=O) groups is 2. The van der Waals surface area contributed by atoms with E-state index in [1.165, 1.54) is 12.1 Å². The number of hydrogen-bond donors (Lipinski definition) is 3. The molecule has 0 heterocycles. The Hall–Kier alpha value is -2.45. The van der Waals surface area contributed by atoms with Crippen LogP contribution in [0.3, 0.4) is 0 Å². The minimum atomic E-state index is -3.87. The molecule has 2 aromatic carbocycles. The van der Waals surface area contributed by atoms with Crippen molar-refractivity contribution in [1.82, 2.24) is 10.0 Å². The zero-order valence-electron chi connectivity index (χ0n) is 13.0. The van der Waals surface area contributed by atoms with E-state index in [9.17, 15) is 18.0 Å². The van der Waals surface area contributed by atoms with Gasteiger partial charge in [0, 0.05) is 0 Å². The van der Waals surface area contributed by atoms with Crippen molar-refractivity contribution in [3.63, 3.8) is 0 Å². The van der Waals surface area contributed by atoms with Crippen LogP contribution in [0.25, 0.3) is 10.8 Å². The normalized spacial score (nSPS) is 12.7. The van der Waals surface area contributed by atoms with Gasteiger partial charge in [-0.25, -0.2) is 17.9 Å². The van der Waals surface area contributed by atoms with Gasteiger partial charge in [-0.3, -0.25) is 4.79 Å². The van der Waals surface area contributed by atoms with E-state index in [1.54, 1.807) is 25.1 Å². The number of amides is 1. The van der Waals surface area contributed by atoms with Gasteiger partial charge in [-0.2, -0.15) is 0 Å². The summed E-state index contributed by atoms with van der Waals surface area (Å²) in [7, 11) is -3.87. The number of carboxylic acids is 1. The molecular formula is C16H18N2O5S. The summed E-state index contributed by atoms with van der Waals surface area (Å²) in [6.07, 6.45) is 0.207. The molecule has 0 bridgehead atoms. The van der Waals surface area contributed by atoms with E-state index in [4.69, 9.17) is 5.11 Å². The van der Waals surface area contributed by atoms with Crippen LogP contribution < -0.4 is 10.0 Å². The maximum absolute atomic E-state index is 12.3. The molecule has 8 heteroatoms. The van der Waals surface area contributed by atoms with Gasteiger partial charge in [-0.15, -0.1) is 0 Å². The van der Waals surface area contributed by atoms with Gasteiger partial charge in [0.25, 0.3) is 0 Å². The molecule has 2 rings (SSSR count). The highest BCUT2D eigenvalue weighted by molar-refractivity contribution is 7.89. The van der Waals surface area contributed by atoms with E-state index in [1.807, 2.05) is 12.1 Å². The summed E-state index contributed by atoms with van der Waals surface area (Å²) in [6, 6.07) is 10.9. The van der Waals surface area contributed by atoms with Gasteiger partial charge in [-0.05, 0) is 29.3 Å². The predicted molar refractivity (Wildman–Crippen MR) is 89.0 cm³/mol. The lowest BCUT2D eigenvalue weighted by molar-refractivity contribution is -0.141. The molecule has 2 aromatic rings. The Bertz CT molecular complexity index is 864. The second-order valence-corrected chi connectivity index (χ2v) is 6.97. The van der Waals surface area contributed by atoms with Gasteiger partial charge in [-0.1, -0.05) is 37.3 Å². The van der Waals surface area contributed by atoms with Crippen LogP contribution in [0.4, 0.5) is 0 Å². The number of carboxylic acid groups (broad SMARTS) is 1. The first-order valence-corrected chi connectivity index (χ1v) is 8.82. The smallest absolute Gasteiger partial charge is 0.326 e. The van der Waals surface area contributed by atoms with Crippen molar-refractivity contribution in [3.05, 3.63) is 42.5 Å². The Morgan fingerprint density at radius 1 is 1.12 bits per heavy atom. The maximum atomic E-state index is 12.3. The molecule has 1 atom stereocenters. The monoisotopic (exact) mass is 350 g/mol. The molecule has 0 aliphatic carbocycles. The van der Waals surface area contributed by atoms with Gasteiger partial charge in [0.15, 0.2) is 0 Å². The molecule has 24 heavy (non-hydrogen) atoms. The molecule has 0 radical (unpaired) electrons. The molecule has 3 N–H and O–H groups in total. The van der Waals surface area contributed by atoms with E-state index in [0.29, 0.717) is 0 Å². The van der Waals surface area contributed by atoms with Crippen LogP contribution in [-0.2, 0) is 19.6 Å². The Kier molecular flexibility index (Phi) is 5.53. The van der Waals surface area contributed by atoms with Gasteiger partial charge >= 0.3 is 5.97 Å². The van der Waals surface area contributed by atoms with Crippen LogP contribution in [-0.4, -0.2) is 38.0 Å². The lowest BCUT2D eigenvalue weighted by Crippen LogP contribution is -2.45. The Labute approximate surface area is 139 Å². The number of benzene rings is 2. The third-order valence-electron chi connectivity index (χ3n) is 3.50. The van der Waals surface area contributed by atoms with Crippen LogP contribution in [0.1, 0.15) is 13.3 Å². The molecule has 1 amide bonds. The molecule has 0 spiro atoms. The van der Waals surface area contributed by atoms with Gasteiger partial charge in [0.05, 0.1) is 11.4 Å². The molecule has 0 saturated heterocycles. The second-order valence-electron chi connectivity index (χ2n) is 5.20. The minimum Gasteiger partial charge on any atom is -0.480 e. The molecule has 0 aromatic heterocycles. The van der Waals surface area contributed by atoms with Crippen molar-refractivity contribution >= 4 is 32.7 Å². The summed E-state index contributed by atoms with van der Waals surface area (Å²) in [5.41, 5.74) is 0. The average Bonchev–Trinajstić information content (AvgIpc) is 2.57. The molecular weight excluding hydrogens is 332 g/mol. The summed E-state index contributed by atoms with van der Waals surface area (Å²) in [5, 5.41) is 12.8. The highest BCUT2D eigenvalue weighted by atomic mass is 32.2. The van der Waals surface area contributed by atoms with E-state index in [0.717, 1.165) is 10.8 Å². The standard InChI is InChI=1S/C16H18N2O5S/c1-2-14(16(20)21)18-15(19)10-17-24(22,23)13-8-7-11-5-3-4-6-12(11)9-13/h3-9,14,17H,2,10H2,1H3,(H,18,19)(H,20,21). The fraction of sp³-hybridized carbons (Fsp3) is 0.250. The van der Waals surface area contributed by atoms with Crippen molar-refractivity contribution in [2.24, 2.45) is 0 Å². The number of rotatable bonds is 7. The summed E-state index contributed by atoms with van der Waals surface area (Å²) < 4.78 is 26.7. The topological polar surface area (TPSA) is 113 Å². The number of nitrogens with one attached hydrogen (secondary N) is 2. The average molecular weight is 350 g/mol. The van der Waals surface area contributed by atoms with Gasteiger partial charge in [0.2, 0.25) is 15.9 Å². The maximum Gasteiger partial charge on any atom is 0.326 e. The summed E-state index contributed by atoms with van der Waals surface area (Å²) >= 11 is 0. The fourth-order valence-electron chi connectivity index (χ4n) is 2.16. The van der Waals surface area contributed by atoms with Crippen molar-refractivity contribution in [2.45, 2.75) is 24.3 Å². The van der Waals surface area contributed by atoms with Crippen molar-refractivity contribution in [1.29, 1.82) is 0 Å². The molecule has 0 fully saturated rings. The first-order chi connectivity index (χ1) is 11.3. The third kappa shape index (κ3) is 4.30. The lowest BCUT2D eigenvalue weighted by Gasteiger charge is -2.13. The van der Waals surface area contributed by atoms with E-state index < -0.39 is 34.5 Å². The van der Waals surface area contributed by atoms with Gasteiger partial charge < -0.3 is 10.4 Å². The Balaban J connectivity index is 2.07. The number of hydrogen-bond acceptors (Lipinski definition) is 4. The van der Waals surface area contributed by atoms with Crippen LogP contribution in [0.15, 0.2) is 47.4 Å². The largest absolute Gasteiger partial charge is 0.480 e. The Morgan fingerprint density at radius 2 is 1.79 bits per heavy atom. The molecule has 0 saturated carbocycles. The number of carbonyl (C=O) groups excluding carboxylic acids is 1. The fourth-order valence-corrected chi connectivity index (χ4v) is 3.18. The van der Waals surface area contributed by atoms with E-state index in [-0.39, 0.29) is 11.3 Å². The second kappa shape index (κ2) is 7.41. The molecule has 128 valence electrons. The Morgan fingerprint density at radius 3 is 2.42 bits per heavy atom. The summed E-state index contributed by atoms with van der Waals surface area (Å²) in [5.74, 6) is -1.86. The molecule has 1 unspecified atom stereocenters. The summed E-state index contributed by atoms with van der Waals surface area (Å²) in [4.78, 5) is 22.6. The predicted octanol–water partition coefficient (Wildman–Crippen LogP) is 1.10. The third-order valence-corrected chi connectivity index (χ3v) is 4.89. The van der Waals surface area contributed by atoms with Crippen LogP contribution >= 0.6 is 0 Å². The molecule has 0 aliphatic rings. The van der Waals surface area contributed by atoms with Crippen molar-refractivity contribution in [2.75, 3.05) is 6.54 Å². The van der Waals surface area contributed by atoms with Crippen LogP contribution in [0.5, 0.6) is 0 Å². The zero-order valence-corrected chi connectivity index (χ0v) is 13.8. The molecule has 7 nitrogen and oxygen atoms in total. The summed E-state index contributed by atoms with van der Waals surface area (Å²) in [6.45, 7) is 1.08. The highest BCUT2D eigenvalue weighted by Gasteiger charge is 2.20. The highest BCUT2D eigenvalue weighted by Crippen LogP contribution is 2.18. The van der Waals surface area contributed by atoms with Crippen molar-refractivity contribution < 1.29 is 23.1 Å². The number of fused-ring (bicyclic) bond motifs is 1. The van der Waals surface area contributed by atoms with Crippen LogP contribution in [0.2, 0.25) is 0 Å². The first kappa shape index (κ1) is 17.9. The van der Waals surface area contributed by atoms with E-state index in [2.05, 4.69) is 10.0 Å². The SMILES string of the molecule is CCC(NC(=O)CNS(=O)(=O)c1ccc2ccccc2c1)C(=O)O. The number of aliphatic carboxylic acids is 1. The van der Waals surface area contributed by atoms with Crippen LogP contribution in [0, 0.1) is 0 Å². The van der Waals surface area contributed by atoms with Gasteiger partial charge in [0.1, 0.15) is 6.04 Å².